The zero-order chi connectivity index (χ0) is 16.4. The number of rotatable bonds is 6. The molecule has 1 atom stereocenters. The van der Waals surface area contributed by atoms with Gasteiger partial charge in [-0.3, -0.25) is 0 Å². The van der Waals surface area contributed by atoms with Crippen LogP contribution in [0.25, 0.3) is 0 Å². The highest BCUT2D eigenvalue weighted by atomic mass is 32.2. The molecule has 0 bridgehead atoms. The minimum atomic E-state index is -4.22. The lowest BCUT2D eigenvalue weighted by molar-refractivity contribution is 0.0685. The molecule has 0 heterocycles. The Balaban J connectivity index is 3.33. The van der Waals surface area contributed by atoms with E-state index in [0.29, 0.717) is 6.07 Å². The van der Waals surface area contributed by atoms with Gasteiger partial charge >= 0.3 is 5.97 Å². The summed E-state index contributed by atoms with van der Waals surface area (Å²) in [5, 5.41) is 8.77. The molecule has 0 aliphatic carbocycles. The number of sulfonamides is 1. The number of nitrogens with zero attached hydrogens (tertiary/aromatic N) is 1. The van der Waals surface area contributed by atoms with Crippen LogP contribution in [0.2, 0.25) is 0 Å². The van der Waals surface area contributed by atoms with Gasteiger partial charge in [-0.1, -0.05) is 20.3 Å². The maximum absolute atomic E-state index is 14.0. The summed E-state index contributed by atoms with van der Waals surface area (Å²) in [5.41, 5.74) is -1.27. The Morgan fingerprint density at radius 2 is 1.95 bits per heavy atom. The number of carboxylic acids is 1. The molecule has 0 aliphatic rings. The summed E-state index contributed by atoms with van der Waals surface area (Å²) in [6.45, 7) is 3.86. The van der Waals surface area contributed by atoms with Crippen molar-refractivity contribution in [3.63, 3.8) is 0 Å². The quantitative estimate of drug-likeness (QED) is 0.872. The normalized spacial score (nSPS) is 13.4. The van der Waals surface area contributed by atoms with Crippen LogP contribution in [0.15, 0.2) is 17.0 Å². The molecule has 1 N–H and O–H groups in total. The van der Waals surface area contributed by atoms with Crippen LogP contribution in [-0.2, 0) is 10.0 Å². The number of aromatic carboxylic acids is 1. The summed E-state index contributed by atoms with van der Waals surface area (Å²) in [4.78, 5) is 9.99. The Morgan fingerprint density at radius 3 is 2.43 bits per heavy atom. The highest BCUT2D eigenvalue weighted by Gasteiger charge is 2.30. The van der Waals surface area contributed by atoms with Gasteiger partial charge in [0.05, 0.1) is 0 Å². The molecule has 118 valence electrons. The SMILES string of the molecule is CCC(C)CN(C)S(=O)(=O)c1ccc(F)c(C(=O)O)c1F. The van der Waals surface area contributed by atoms with Crippen molar-refractivity contribution in [1.82, 2.24) is 4.31 Å². The van der Waals surface area contributed by atoms with Crippen LogP contribution in [0.4, 0.5) is 8.78 Å². The van der Waals surface area contributed by atoms with Crippen molar-refractivity contribution in [1.29, 1.82) is 0 Å². The third-order valence-electron chi connectivity index (χ3n) is 3.22. The van der Waals surface area contributed by atoms with E-state index in [0.717, 1.165) is 16.8 Å². The smallest absolute Gasteiger partial charge is 0.341 e. The van der Waals surface area contributed by atoms with Gasteiger partial charge < -0.3 is 5.11 Å². The maximum Gasteiger partial charge on any atom is 0.341 e. The molecule has 1 rings (SSSR count). The van der Waals surface area contributed by atoms with Crippen LogP contribution in [0, 0.1) is 17.6 Å². The number of hydrogen-bond donors (Lipinski definition) is 1. The first-order chi connectivity index (χ1) is 9.62. The Hall–Kier alpha value is -1.54. The zero-order valence-electron chi connectivity index (χ0n) is 11.9. The van der Waals surface area contributed by atoms with Gasteiger partial charge in [0.2, 0.25) is 10.0 Å². The van der Waals surface area contributed by atoms with Gasteiger partial charge in [-0.25, -0.2) is 26.3 Å². The lowest BCUT2D eigenvalue weighted by atomic mass is 10.1. The van der Waals surface area contributed by atoms with E-state index < -0.39 is 38.1 Å². The molecule has 0 aromatic heterocycles. The second-order valence-corrected chi connectivity index (χ2v) is 6.85. The van der Waals surface area contributed by atoms with E-state index in [9.17, 15) is 22.0 Å². The largest absolute Gasteiger partial charge is 0.477 e. The third-order valence-corrected chi connectivity index (χ3v) is 5.06. The number of halogens is 2. The van der Waals surface area contributed by atoms with Gasteiger partial charge in [-0.05, 0) is 18.1 Å². The molecule has 0 amide bonds. The van der Waals surface area contributed by atoms with Crippen molar-refractivity contribution in [2.75, 3.05) is 13.6 Å². The zero-order valence-corrected chi connectivity index (χ0v) is 12.7. The summed E-state index contributed by atoms with van der Waals surface area (Å²) in [7, 11) is -2.95. The fraction of sp³-hybridized carbons (Fsp3) is 0.462. The van der Waals surface area contributed by atoms with Crippen molar-refractivity contribution in [2.24, 2.45) is 5.92 Å². The van der Waals surface area contributed by atoms with E-state index in [4.69, 9.17) is 5.11 Å². The molecule has 5 nitrogen and oxygen atoms in total. The molecule has 1 unspecified atom stereocenters. The molecule has 1 aromatic rings. The fourth-order valence-corrected chi connectivity index (χ4v) is 3.12. The average molecular weight is 321 g/mol. The fourth-order valence-electron chi connectivity index (χ4n) is 1.76. The van der Waals surface area contributed by atoms with Crippen molar-refractivity contribution in [3.8, 4) is 0 Å². The Kier molecular flexibility index (Phi) is 5.41. The van der Waals surface area contributed by atoms with Gasteiger partial charge in [0.1, 0.15) is 16.3 Å². The van der Waals surface area contributed by atoms with Crippen molar-refractivity contribution >= 4 is 16.0 Å². The summed E-state index contributed by atoms with van der Waals surface area (Å²) >= 11 is 0. The number of benzene rings is 1. The first kappa shape index (κ1) is 17.5. The highest BCUT2D eigenvalue weighted by Crippen LogP contribution is 2.24. The molecule has 0 saturated carbocycles. The lowest BCUT2D eigenvalue weighted by Crippen LogP contribution is -2.32. The molecule has 0 fully saturated rings. The van der Waals surface area contributed by atoms with E-state index in [-0.39, 0.29) is 12.5 Å². The van der Waals surface area contributed by atoms with Crippen LogP contribution in [-0.4, -0.2) is 37.4 Å². The second-order valence-electron chi connectivity index (χ2n) is 4.84. The molecule has 0 saturated heterocycles. The van der Waals surface area contributed by atoms with Gasteiger partial charge in [0, 0.05) is 13.6 Å². The van der Waals surface area contributed by atoms with Crippen LogP contribution in [0.3, 0.4) is 0 Å². The molecule has 0 radical (unpaired) electrons. The molecule has 0 spiro atoms. The minimum absolute atomic E-state index is 0.0484. The highest BCUT2D eigenvalue weighted by molar-refractivity contribution is 7.89. The summed E-state index contributed by atoms with van der Waals surface area (Å²) in [6, 6.07) is 1.37. The molecular weight excluding hydrogens is 304 g/mol. The van der Waals surface area contributed by atoms with Gasteiger partial charge in [-0.2, -0.15) is 0 Å². The van der Waals surface area contributed by atoms with Gasteiger partial charge in [0.25, 0.3) is 0 Å². The standard InChI is InChI=1S/C13H17F2NO4S/c1-4-8(2)7-16(3)21(19,20)10-6-5-9(14)11(12(10)15)13(17)18/h5-6,8H,4,7H2,1-3H3,(H,17,18). The first-order valence-corrected chi connectivity index (χ1v) is 7.74. The summed E-state index contributed by atoms with van der Waals surface area (Å²) in [5.74, 6) is -4.71. The number of carboxylic acid groups (broad SMARTS) is 1. The third kappa shape index (κ3) is 3.56. The second kappa shape index (κ2) is 6.48. The van der Waals surface area contributed by atoms with Crippen LogP contribution in [0.5, 0.6) is 0 Å². The van der Waals surface area contributed by atoms with E-state index in [1.807, 2.05) is 13.8 Å². The van der Waals surface area contributed by atoms with Crippen LogP contribution < -0.4 is 0 Å². The monoisotopic (exact) mass is 321 g/mol. The van der Waals surface area contributed by atoms with Crippen molar-refractivity contribution in [3.05, 3.63) is 29.3 Å². The number of carbonyl (C=O) groups is 1. The molecule has 1 aromatic carbocycles. The van der Waals surface area contributed by atoms with Crippen LogP contribution >= 0.6 is 0 Å². The van der Waals surface area contributed by atoms with E-state index in [1.165, 1.54) is 7.05 Å². The van der Waals surface area contributed by atoms with Crippen LogP contribution in [0.1, 0.15) is 30.6 Å². The Bertz CT molecular complexity index is 646. The first-order valence-electron chi connectivity index (χ1n) is 6.30. The molecule has 21 heavy (non-hydrogen) atoms. The number of hydrogen-bond acceptors (Lipinski definition) is 3. The van der Waals surface area contributed by atoms with E-state index >= 15 is 0 Å². The molecule has 8 heteroatoms. The minimum Gasteiger partial charge on any atom is -0.477 e. The maximum atomic E-state index is 14.0. The van der Waals surface area contributed by atoms with Crippen molar-refractivity contribution < 1.29 is 27.1 Å². The van der Waals surface area contributed by atoms with Crippen molar-refractivity contribution in [2.45, 2.75) is 25.2 Å². The lowest BCUT2D eigenvalue weighted by Gasteiger charge is -2.21. The van der Waals surface area contributed by atoms with Gasteiger partial charge in [0.15, 0.2) is 5.82 Å². The topological polar surface area (TPSA) is 74.7 Å². The van der Waals surface area contributed by atoms with E-state index in [2.05, 4.69) is 0 Å². The average Bonchev–Trinajstić information content (AvgIpc) is 2.37. The van der Waals surface area contributed by atoms with E-state index in [1.54, 1.807) is 0 Å². The molecule has 0 aliphatic heterocycles. The Morgan fingerprint density at radius 1 is 1.38 bits per heavy atom. The predicted octanol–water partition coefficient (Wildman–Crippen LogP) is 2.33. The summed E-state index contributed by atoms with van der Waals surface area (Å²) < 4.78 is 52.8. The summed E-state index contributed by atoms with van der Waals surface area (Å²) in [6.07, 6.45) is 0.728. The molecular formula is C13H17F2NO4S. The van der Waals surface area contributed by atoms with Gasteiger partial charge in [-0.15, -0.1) is 0 Å². The Labute approximate surface area is 122 Å². The predicted molar refractivity (Wildman–Crippen MR) is 72.6 cm³/mol.